The summed E-state index contributed by atoms with van der Waals surface area (Å²) in [6, 6.07) is 3.75. The van der Waals surface area contributed by atoms with E-state index in [0.29, 0.717) is 13.0 Å². The molecule has 0 spiro atoms. The summed E-state index contributed by atoms with van der Waals surface area (Å²) in [6.07, 6.45) is 23.1. The van der Waals surface area contributed by atoms with Crippen molar-refractivity contribution in [3.8, 4) is 0 Å². The maximum absolute atomic E-state index is 11.7. The van der Waals surface area contributed by atoms with Gasteiger partial charge in [-0.1, -0.05) is 64.4 Å². The standard InChI is InChI=1S/C24H37NO2/c1-2-3-4-5-6-7-8-9-10-11-12-13-14-15-16-19-24(26)27-22-23-18-17-20-25-21-23/h12,14,17-18,20-21H,2-11,15-16,19,22H2,1H3. The number of carbonyl (C=O) groups excluding carboxylic acids is 1. The summed E-state index contributed by atoms with van der Waals surface area (Å²) in [6.45, 7) is 2.57. The minimum Gasteiger partial charge on any atom is -0.461 e. The van der Waals surface area contributed by atoms with Crippen molar-refractivity contribution in [3.63, 3.8) is 0 Å². The summed E-state index contributed by atoms with van der Waals surface area (Å²) < 4.78 is 5.23. The molecule has 0 amide bonds. The number of ether oxygens (including phenoxy) is 1. The fourth-order valence-electron chi connectivity index (χ4n) is 2.88. The highest BCUT2D eigenvalue weighted by Crippen LogP contribution is 2.10. The van der Waals surface area contributed by atoms with E-state index in [9.17, 15) is 4.79 Å². The highest BCUT2D eigenvalue weighted by Gasteiger charge is 2.02. The van der Waals surface area contributed by atoms with Crippen molar-refractivity contribution in [1.29, 1.82) is 0 Å². The van der Waals surface area contributed by atoms with Gasteiger partial charge in [-0.3, -0.25) is 9.78 Å². The number of hydrogen-bond acceptors (Lipinski definition) is 3. The molecule has 27 heavy (non-hydrogen) atoms. The monoisotopic (exact) mass is 371 g/mol. The Morgan fingerprint density at radius 3 is 2.33 bits per heavy atom. The van der Waals surface area contributed by atoms with Gasteiger partial charge < -0.3 is 4.74 Å². The zero-order valence-corrected chi connectivity index (χ0v) is 17.1. The van der Waals surface area contributed by atoms with Gasteiger partial charge in [-0.05, 0) is 43.9 Å². The third-order valence-electron chi connectivity index (χ3n) is 4.54. The van der Waals surface area contributed by atoms with Gasteiger partial charge in [-0.2, -0.15) is 0 Å². The van der Waals surface area contributed by atoms with Crippen LogP contribution in [0.5, 0.6) is 0 Å². The normalized spacial score (nSPS) is 10.3. The van der Waals surface area contributed by atoms with Crippen LogP contribution in [0.25, 0.3) is 0 Å². The molecule has 0 fully saturated rings. The van der Waals surface area contributed by atoms with Gasteiger partial charge in [0.25, 0.3) is 0 Å². The number of aromatic nitrogens is 1. The lowest BCUT2D eigenvalue weighted by atomic mass is 10.1. The zero-order chi connectivity index (χ0) is 19.4. The van der Waals surface area contributed by atoms with Gasteiger partial charge in [0.2, 0.25) is 0 Å². The summed E-state index contributed by atoms with van der Waals surface area (Å²) >= 11 is 0. The summed E-state index contributed by atoms with van der Waals surface area (Å²) in [5.41, 5.74) is 4.15. The molecule has 0 aliphatic rings. The van der Waals surface area contributed by atoms with E-state index in [4.69, 9.17) is 4.74 Å². The molecule has 0 N–H and O–H groups in total. The third-order valence-corrected chi connectivity index (χ3v) is 4.54. The predicted molar refractivity (Wildman–Crippen MR) is 112 cm³/mol. The van der Waals surface area contributed by atoms with Crippen LogP contribution in [0.2, 0.25) is 0 Å². The summed E-state index contributed by atoms with van der Waals surface area (Å²) in [5, 5.41) is 0. The molecule has 3 heteroatoms. The first-order valence-electron chi connectivity index (χ1n) is 10.8. The smallest absolute Gasteiger partial charge is 0.306 e. The Hall–Kier alpha value is -1.86. The van der Waals surface area contributed by atoms with Crippen LogP contribution in [0, 0.1) is 0 Å². The molecule has 1 aromatic heterocycles. The predicted octanol–water partition coefficient (Wildman–Crippen LogP) is 6.93. The molecule has 0 bridgehead atoms. The average Bonchev–Trinajstić information content (AvgIpc) is 2.70. The molecule has 0 saturated heterocycles. The first-order chi connectivity index (χ1) is 13.3. The number of hydrogen-bond donors (Lipinski definition) is 0. The molecular weight excluding hydrogens is 334 g/mol. The highest BCUT2D eigenvalue weighted by molar-refractivity contribution is 5.69. The van der Waals surface area contributed by atoms with E-state index in [0.717, 1.165) is 24.8 Å². The molecule has 0 aromatic carbocycles. The topological polar surface area (TPSA) is 39.2 Å². The summed E-state index contributed by atoms with van der Waals surface area (Å²) in [4.78, 5) is 15.7. The second-order valence-electron chi connectivity index (χ2n) is 7.11. The van der Waals surface area contributed by atoms with Gasteiger partial charge in [-0.15, -0.1) is 5.73 Å². The van der Waals surface area contributed by atoms with E-state index in [1.54, 1.807) is 12.4 Å². The van der Waals surface area contributed by atoms with Crippen LogP contribution < -0.4 is 0 Å². The highest BCUT2D eigenvalue weighted by atomic mass is 16.5. The van der Waals surface area contributed by atoms with Gasteiger partial charge in [0, 0.05) is 24.4 Å². The Morgan fingerprint density at radius 1 is 1.00 bits per heavy atom. The number of carbonyl (C=O) groups is 1. The largest absolute Gasteiger partial charge is 0.461 e. The van der Waals surface area contributed by atoms with E-state index < -0.39 is 0 Å². The fourth-order valence-corrected chi connectivity index (χ4v) is 2.88. The Morgan fingerprint density at radius 2 is 1.67 bits per heavy atom. The second-order valence-corrected chi connectivity index (χ2v) is 7.11. The molecule has 1 aromatic rings. The van der Waals surface area contributed by atoms with E-state index in [1.165, 1.54) is 57.8 Å². The molecular formula is C24H37NO2. The van der Waals surface area contributed by atoms with Gasteiger partial charge >= 0.3 is 5.97 Å². The van der Waals surface area contributed by atoms with Crippen LogP contribution in [-0.2, 0) is 16.1 Å². The number of esters is 1. The van der Waals surface area contributed by atoms with Crippen LogP contribution >= 0.6 is 0 Å². The van der Waals surface area contributed by atoms with Gasteiger partial charge in [0.05, 0.1) is 0 Å². The quantitative estimate of drug-likeness (QED) is 0.180. The molecule has 0 atom stereocenters. The Labute approximate surface area is 165 Å². The van der Waals surface area contributed by atoms with Crippen molar-refractivity contribution < 1.29 is 9.53 Å². The van der Waals surface area contributed by atoms with Crippen molar-refractivity contribution in [2.45, 2.75) is 97.0 Å². The molecule has 3 nitrogen and oxygen atoms in total. The molecule has 0 aliphatic heterocycles. The van der Waals surface area contributed by atoms with Crippen molar-refractivity contribution in [2.75, 3.05) is 0 Å². The molecule has 1 heterocycles. The van der Waals surface area contributed by atoms with Crippen molar-refractivity contribution in [1.82, 2.24) is 4.98 Å². The average molecular weight is 372 g/mol. The number of pyridine rings is 1. The van der Waals surface area contributed by atoms with E-state index in [-0.39, 0.29) is 5.97 Å². The molecule has 150 valence electrons. The van der Waals surface area contributed by atoms with E-state index in [2.05, 4.69) is 23.7 Å². The number of unbranched alkanes of at least 4 members (excludes halogenated alkanes) is 10. The Kier molecular flexibility index (Phi) is 15.1. The Balaban J connectivity index is 1.89. The van der Waals surface area contributed by atoms with Crippen molar-refractivity contribution in [2.24, 2.45) is 0 Å². The van der Waals surface area contributed by atoms with Crippen LogP contribution in [0.3, 0.4) is 0 Å². The van der Waals surface area contributed by atoms with Gasteiger partial charge in [-0.25, -0.2) is 0 Å². The number of allylic oxidation sites excluding steroid dienone is 1. The maximum Gasteiger partial charge on any atom is 0.306 e. The first-order valence-corrected chi connectivity index (χ1v) is 10.8. The fraction of sp³-hybridized carbons (Fsp3) is 0.625. The molecule has 0 unspecified atom stereocenters. The summed E-state index contributed by atoms with van der Waals surface area (Å²) in [7, 11) is 0. The second kappa shape index (κ2) is 17.5. The van der Waals surface area contributed by atoms with Crippen molar-refractivity contribution in [3.05, 3.63) is 48.0 Å². The van der Waals surface area contributed by atoms with E-state index in [1.807, 2.05) is 18.2 Å². The maximum atomic E-state index is 11.7. The lowest BCUT2D eigenvalue weighted by molar-refractivity contribution is -0.145. The Bertz CT molecular complexity index is 533. The molecule has 0 saturated carbocycles. The zero-order valence-electron chi connectivity index (χ0n) is 17.1. The molecule has 0 aliphatic carbocycles. The van der Waals surface area contributed by atoms with Crippen LogP contribution in [0.4, 0.5) is 0 Å². The minimum absolute atomic E-state index is 0.147. The van der Waals surface area contributed by atoms with Crippen LogP contribution in [0.1, 0.15) is 96.0 Å². The first kappa shape index (κ1) is 23.2. The molecule has 1 rings (SSSR count). The lowest BCUT2D eigenvalue weighted by Crippen LogP contribution is -2.04. The minimum atomic E-state index is -0.147. The third kappa shape index (κ3) is 14.9. The van der Waals surface area contributed by atoms with E-state index >= 15 is 0 Å². The van der Waals surface area contributed by atoms with Crippen LogP contribution in [0.15, 0.2) is 42.4 Å². The van der Waals surface area contributed by atoms with Crippen LogP contribution in [-0.4, -0.2) is 11.0 Å². The van der Waals surface area contributed by atoms with Crippen molar-refractivity contribution >= 4 is 5.97 Å². The SMILES string of the molecule is CCCCCCCCCCCC=C=CCCCC(=O)OCc1cccnc1. The van der Waals surface area contributed by atoms with Gasteiger partial charge in [0.15, 0.2) is 0 Å². The van der Waals surface area contributed by atoms with Gasteiger partial charge in [0.1, 0.15) is 6.61 Å². The number of nitrogens with zero attached hydrogens (tertiary/aromatic N) is 1. The summed E-state index contributed by atoms with van der Waals surface area (Å²) in [5.74, 6) is -0.147. The molecule has 0 radical (unpaired) electrons. The number of rotatable bonds is 16. The lowest BCUT2D eigenvalue weighted by Gasteiger charge is -2.03.